The fourth-order valence-electron chi connectivity index (χ4n) is 3.92. The molecule has 2 aromatic heterocycles. The standard InChI is InChI=1S/C23H18N6O5S/c1-12-9-14(13(2)27(12)17-7-6-15(29(31)32)11-19(17)33-3)10-16-20(24)28-23(25-21(16)30)35-22(26-28)18-5-4-8-34-18/h4-11,24H,1-3H3. The van der Waals surface area contributed by atoms with E-state index in [-0.39, 0.29) is 17.1 Å². The number of hydrazone groups is 1. The summed E-state index contributed by atoms with van der Waals surface area (Å²) in [7, 11) is 1.45. The van der Waals surface area contributed by atoms with Crippen LogP contribution in [-0.2, 0) is 4.79 Å². The summed E-state index contributed by atoms with van der Waals surface area (Å²) in [4.78, 5) is 27.6. The quantitative estimate of drug-likeness (QED) is 0.320. The monoisotopic (exact) mass is 490 g/mol. The number of nitro groups is 1. The summed E-state index contributed by atoms with van der Waals surface area (Å²) >= 11 is 1.16. The van der Waals surface area contributed by atoms with E-state index in [1.807, 2.05) is 24.5 Å². The van der Waals surface area contributed by atoms with Crippen LogP contribution in [0.25, 0.3) is 11.8 Å². The number of carbonyl (C=O) groups is 1. The number of aryl methyl sites for hydroxylation is 1. The highest BCUT2D eigenvalue weighted by Crippen LogP contribution is 2.34. The molecular weight excluding hydrogens is 472 g/mol. The molecule has 1 amide bonds. The summed E-state index contributed by atoms with van der Waals surface area (Å²) in [6, 6.07) is 9.72. The average Bonchev–Trinajstić information content (AvgIpc) is 3.56. The Bertz CT molecular complexity index is 1500. The molecule has 0 atom stereocenters. The molecule has 0 saturated heterocycles. The predicted octanol–water partition coefficient (Wildman–Crippen LogP) is 4.27. The van der Waals surface area contributed by atoms with E-state index in [9.17, 15) is 14.9 Å². The molecule has 5 rings (SSSR count). The molecule has 1 N–H and O–H groups in total. The zero-order valence-electron chi connectivity index (χ0n) is 18.8. The van der Waals surface area contributed by atoms with Gasteiger partial charge in [-0.2, -0.15) is 15.1 Å². The van der Waals surface area contributed by atoms with Crippen molar-refractivity contribution in [3.63, 3.8) is 0 Å². The lowest BCUT2D eigenvalue weighted by atomic mass is 10.1. The van der Waals surface area contributed by atoms with E-state index in [1.54, 1.807) is 24.3 Å². The first-order valence-electron chi connectivity index (χ1n) is 10.3. The van der Waals surface area contributed by atoms with Gasteiger partial charge in [0, 0.05) is 17.5 Å². The number of aliphatic imine (C=N–C) groups is 1. The van der Waals surface area contributed by atoms with E-state index in [0.29, 0.717) is 33.0 Å². The zero-order chi connectivity index (χ0) is 24.9. The number of rotatable bonds is 5. The largest absolute Gasteiger partial charge is 0.494 e. The molecule has 12 heteroatoms. The molecule has 11 nitrogen and oxygen atoms in total. The number of ether oxygens (including phenoxy) is 1. The molecule has 0 spiro atoms. The number of aromatic nitrogens is 1. The fourth-order valence-corrected chi connectivity index (χ4v) is 4.78. The highest BCUT2D eigenvalue weighted by molar-refractivity contribution is 8.27. The number of nitro benzene ring substituents is 1. The number of hydrogen-bond donors (Lipinski definition) is 1. The summed E-state index contributed by atoms with van der Waals surface area (Å²) in [6.07, 6.45) is 3.13. The number of amidine groups is 2. The molecule has 0 aliphatic carbocycles. The van der Waals surface area contributed by atoms with E-state index in [1.165, 1.54) is 30.5 Å². The Hall–Kier alpha value is -4.45. The van der Waals surface area contributed by atoms with Crippen LogP contribution in [0.1, 0.15) is 22.7 Å². The molecule has 4 heterocycles. The summed E-state index contributed by atoms with van der Waals surface area (Å²) in [5.74, 6) is 0.234. The molecule has 0 bridgehead atoms. The molecule has 0 saturated carbocycles. The molecule has 0 unspecified atom stereocenters. The van der Waals surface area contributed by atoms with Crippen molar-refractivity contribution in [1.82, 2.24) is 9.58 Å². The van der Waals surface area contributed by atoms with Gasteiger partial charge in [-0.3, -0.25) is 20.3 Å². The lowest BCUT2D eigenvalue weighted by molar-refractivity contribution is -0.384. The van der Waals surface area contributed by atoms with Gasteiger partial charge in [-0.05, 0) is 61.5 Å². The zero-order valence-corrected chi connectivity index (χ0v) is 19.6. The molecule has 0 fully saturated rings. The van der Waals surface area contributed by atoms with Crippen molar-refractivity contribution < 1.29 is 18.9 Å². The Kier molecular flexibility index (Phi) is 5.36. The van der Waals surface area contributed by atoms with Crippen LogP contribution in [0.2, 0.25) is 0 Å². The normalized spacial score (nSPS) is 16.4. The number of amides is 1. The number of thioether (sulfide) groups is 1. The maximum Gasteiger partial charge on any atom is 0.283 e. The second-order valence-electron chi connectivity index (χ2n) is 7.68. The van der Waals surface area contributed by atoms with Gasteiger partial charge in [0.2, 0.25) is 5.17 Å². The molecule has 1 aromatic carbocycles. The van der Waals surface area contributed by atoms with Gasteiger partial charge in [0.25, 0.3) is 11.6 Å². The van der Waals surface area contributed by atoms with Crippen molar-refractivity contribution >= 4 is 45.5 Å². The van der Waals surface area contributed by atoms with Gasteiger partial charge in [-0.15, -0.1) is 0 Å². The van der Waals surface area contributed by atoms with Gasteiger partial charge >= 0.3 is 0 Å². The predicted molar refractivity (Wildman–Crippen MR) is 131 cm³/mol. The molecular formula is C23H18N6O5S. The van der Waals surface area contributed by atoms with Crippen LogP contribution < -0.4 is 4.74 Å². The molecule has 35 heavy (non-hydrogen) atoms. The number of nitrogens with one attached hydrogen (secondary N) is 1. The van der Waals surface area contributed by atoms with Crippen LogP contribution in [-0.4, -0.2) is 43.6 Å². The summed E-state index contributed by atoms with van der Waals surface area (Å²) in [6.45, 7) is 3.72. The third kappa shape index (κ3) is 3.73. The van der Waals surface area contributed by atoms with E-state index < -0.39 is 10.8 Å². The first-order valence-corrected chi connectivity index (χ1v) is 11.2. The van der Waals surface area contributed by atoms with Crippen LogP contribution in [0.5, 0.6) is 5.75 Å². The number of benzene rings is 1. The molecule has 2 aliphatic heterocycles. The van der Waals surface area contributed by atoms with Crippen molar-refractivity contribution in [3.05, 3.63) is 81.1 Å². The Morgan fingerprint density at radius 2 is 2.06 bits per heavy atom. The lowest BCUT2D eigenvalue weighted by Gasteiger charge is -2.20. The van der Waals surface area contributed by atoms with Crippen LogP contribution in [0, 0.1) is 29.4 Å². The Morgan fingerprint density at radius 3 is 2.74 bits per heavy atom. The van der Waals surface area contributed by atoms with Gasteiger partial charge in [0.15, 0.2) is 16.6 Å². The number of fused-ring (bicyclic) bond motifs is 1. The molecule has 0 radical (unpaired) electrons. The van der Waals surface area contributed by atoms with Crippen LogP contribution >= 0.6 is 11.8 Å². The van der Waals surface area contributed by atoms with Gasteiger partial charge < -0.3 is 13.7 Å². The minimum atomic E-state index is -0.539. The minimum Gasteiger partial charge on any atom is -0.494 e. The van der Waals surface area contributed by atoms with Crippen LogP contribution in [0.3, 0.4) is 0 Å². The smallest absolute Gasteiger partial charge is 0.283 e. The van der Waals surface area contributed by atoms with Crippen molar-refractivity contribution in [2.75, 3.05) is 7.11 Å². The van der Waals surface area contributed by atoms with Gasteiger partial charge in [-0.25, -0.2) is 0 Å². The third-order valence-corrected chi connectivity index (χ3v) is 6.49. The number of carbonyl (C=O) groups excluding carboxylic acids is 1. The van der Waals surface area contributed by atoms with Crippen molar-refractivity contribution in [1.29, 1.82) is 5.41 Å². The van der Waals surface area contributed by atoms with Gasteiger partial charge in [0.1, 0.15) is 5.75 Å². The number of furan rings is 1. The topological polar surface area (TPSA) is 139 Å². The number of non-ortho nitro benzene ring substituents is 1. The Morgan fingerprint density at radius 1 is 1.26 bits per heavy atom. The first kappa shape index (κ1) is 22.3. The van der Waals surface area contributed by atoms with Crippen molar-refractivity contribution in [2.45, 2.75) is 13.8 Å². The lowest BCUT2D eigenvalue weighted by Crippen LogP contribution is -2.35. The highest BCUT2D eigenvalue weighted by atomic mass is 32.2. The maximum atomic E-state index is 12.8. The molecule has 3 aromatic rings. The number of methoxy groups -OCH3 is 1. The van der Waals surface area contributed by atoms with Gasteiger partial charge in [-0.1, -0.05) is 0 Å². The summed E-state index contributed by atoms with van der Waals surface area (Å²) in [5.41, 5.74) is 2.89. The second-order valence-corrected chi connectivity index (χ2v) is 8.63. The Balaban J connectivity index is 1.53. The van der Waals surface area contributed by atoms with Crippen molar-refractivity contribution in [2.24, 2.45) is 10.1 Å². The average molecular weight is 491 g/mol. The first-order chi connectivity index (χ1) is 16.8. The fraction of sp³-hybridized carbons (Fsp3) is 0.130. The number of hydrogen-bond acceptors (Lipinski definition) is 8. The van der Waals surface area contributed by atoms with Crippen molar-refractivity contribution in [3.8, 4) is 11.4 Å². The van der Waals surface area contributed by atoms with E-state index in [0.717, 1.165) is 23.1 Å². The molecule has 2 aliphatic rings. The maximum absolute atomic E-state index is 12.8. The summed E-state index contributed by atoms with van der Waals surface area (Å²) in [5, 5.41) is 26.3. The van der Waals surface area contributed by atoms with Crippen LogP contribution in [0.15, 0.2) is 62.7 Å². The second kappa shape index (κ2) is 8.40. The van der Waals surface area contributed by atoms with Crippen LogP contribution in [0.4, 0.5) is 5.69 Å². The molecule has 176 valence electrons. The highest BCUT2D eigenvalue weighted by Gasteiger charge is 2.37. The minimum absolute atomic E-state index is 0.0803. The SMILES string of the molecule is COc1cc([N+](=O)[O-])ccc1-n1c(C)cc(C=C2C(=N)N3N=C(c4ccco4)SC3=NC2=O)c1C. The van der Waals surface area contributed by atoms with Gasteiger partial charge in [0.05, 0.1) is 35.6 Å². The third-order valence-electron chi connectivity index (χ3n) is 5.57. The number of nitrogens with zero attached hydrogens (tertiary/aromatic N) is 5. The van der Waals surface area contributed by atoms with E-state index in [2.05, 4.69) is 10.1 Å². The Labute approximate surface area is 203 Å². The van der Waals surface area contributed by atoms with E-state index >= 15 is 0 Å². The van der Waals surface area contributed by atoms with E-state index in [4.69, 9.17) is 14.6 Å². The summed E-state index contributed by atoms with van der Waals surface area (Å²) < 4.78 is 12.6.